The molecule has 0 nitrogen and oxygen atoms in total. The predicted octanol–water partition coefficient (Wildman–Crippen LogP) is 5.51. The molecule has 3 rings (SSSR count). The van der Waals surface area contributed by atoms with Crippen LogP contribution in [-0.2, 0) is 0 Å². The van der Waals surface area contributed by atoms with Crippen LogP contribution >= 0.6 is 31.1 Å². The van der Waals surface area contributed by atoms with E-state index in [1.54, 1.807) is 12.1 Å². The van der Waals surface area contributed by atoms with Crippen molar-refractivity contribution in [2.75, 3.05) is 0 Å². The SMILES string of the molecule is Cc1cc(S)cc(-c2c(F)c(P)c(-c3cc(C)cc(C)c3)c(P)c2F)c1. The standard InChI is InChI=1S/C21H20F2P2S/c1-10-4-11(2)6-13(5-10)17-20(24)18(22)16(19(23)21(17)25)14-7-12(3)8-15(26)9-14/h4-9,26H,24-25H2,1-3H3. The van der Waals surface area contributed by atoms with Crippen LogP contribution in [0.15, 0.2) is 41.3 Å². The van der Waals surface area contributed by atoms with Crippen molar-refractivity contribution in [3.63, 3.8) is 0 Å². The second-order valence-corrected chi connectivity index (χ2v) is 8.31. The Morgan fingerprint density at radius 1 is 0.654 bits per heavy atom. The molecule has 0 saturated carbocycles. The highest BCUT2D eigenvalue weighted by Gasteiger charge is 2.23. The van der Waals surface area contributed by atoms with Gasteiger partial charge < -0.3 is 0 Å². The number of halogens is 2. The van der Waals surface area contributed by atoms with Crippen LogP contribution in [-0.4, -0.2) is 0 Å². The van der Waals surface area contributed by atoms with Crippen molar-refractivity contribution >= 4 is 41.7 Å². The highest BCUT2D eigenvalue weighted by Crippen LogP contribution is 2.33. The van der Waals surface area contributed by atoms with Crippen molar-refractivity contribution in [3.05, 3.63) is 64.7 Å². The van der Waals surface area contributed by atoms with E-state index in [2.05, 4.69) is 31.1 Å². The average molecular weight is 404 g/mol. The number of aryl methyl sites for hydroxylation is 3. The summed E-state index contributed by atoms with van der Waals surface area (Å²) in [6.07, 6.45) is 0. The Kier molecular flexibility index (Phi) is 5.54. The summed E-state index contributed by atoms with van der Waals surface area (Å²) >= 11 is 4.34. The monoisotopic (exact) mass is 404 g/mol. The molecule has 3 aromatic carbocycles. The number of rotatable bonds is 2. The Hall–Kier alpha value is -1.27. The lowest BCUT2D eigenvalue weighted by molar-refractivity contribution is 0.601. The zero-order valence-electron chi connectivity index (χ0n) is 14.8. The second kappa shape index (κ2) is 7.39. The first kappa shape index (κ1) is 19.5. The fourth-order valence-electron chi connectivity index (χ4n) is 3.32. The van der Waals surface area contributed by atoms with Crippen LogP contribution < -0.4 is 10.6 Å². The Labute approximate surface area is 163 Å². The molecule has 5 heteroatoms. The Morgan fingerprint density at radius 2 is 1.08 bits per heavy atom. The first-order valence-corrected chi connectivity index (χ1v) is 9.74. The van der Waals surface area contributed by atoms with E-state index < -0.39 is 11.6 Å². The molecule has 2 unspecified atom stereocenters. The van der Waals surface area contributed by atoms with Gasteiger partial charge in [-0.05, 0) is 49.6 Å². The zero-order chi connectivity index (χ0) is 19.2. The third kappa shape index (κ3) is 3.58. The highest BCUT2D eigenvalue weighted by atomic mass is 32.1. The minimum Gasteiger partial charge on any atom is -0.205 e. The summed E-state index contributed by atoms with van der Waals surface area (Å²) in [5.74, 6) is -1.13. The minimum absolute atomic E-state index is 0.0212. The molecule has 0 radical (unpaired) electrons. The maximum absolute atomic E-state index is 15.2. The molecule has 0 N–H and O–H groups in total. The summed E-state index contributed by atoms with van der Waals surface area (Å²) in [6, 6.07) is 11.2. The number of thiol groups is 1. The summed E-state index contributed by atoms with van der Waals surface area (Å²) in [5, 5.41) is 0.720. The minimum atomic E-state index is -0.564. The summed E-state index contributed by atoms with van der Waals surface area (Å²) < 4.78 is 30.5. The van der Waals surface area contributed by atoms with Crippen molar-refractivity contribution in [2.45, 2.75) is 25.7 Å². The lowest BCUT2D eigenvalue weighted by Gasteiger charge is -2.18. The van der Waals surface area contributed by atoms with Gasteiger partial charge in [0.1, 0.15) is 11.6 Å². The molecule has 26 heavy (non-hydrogen) atoms. The first-order valence-electron chi connectivity index (χ1n) is 8.14. The molecule has 3 aromatic rings. The van der Waals surface area contributed by atoms with Gasteiger partial charge in [0, 0.05) is 21.1 Å². The van der Waals surface area contributed by atoms with Gasteiger partial charge in [-0.15, -0.1) is 31.1 Å². The maximum atomic E-state index is 15.2. The lowest BCUT2D eigenvalue weighted by atomic mass is 9.95. The molecule has 2 atom stereocenters. The first-order chi connectivity index (χ1) is 12.2. The molecule has 0 amide bonds. The fraction of sp³-hybridized carbons (Fsp3) is 0.143. The van der Waals surface area contributed by atoms with Crippen LogP contribution in [0.25, 0.3) is 22.3 Å². The predicted molar refractivity (Wildman–Crippen MR) is 117 cm³/mol. The van der Waals surface area contributed by atoms with E-state index in [9.17, 15) is 0 Å². The normalized spacial score (nSPS) is 11.1. The van der Waals surface area contributed by atoms with Crippen molar-refractivity contribution in [1.29, 1.82) is 0 Å². The topological polar surface area (TPSA) is 0 Å². The third-order valence-corrected chi connectivity index (χ3v) is 5.65. The van der Waals surface area contributed by atoms with E-state index in [0.717, 1.165) is 22.3 Å². The molecule has 0 fully saturated rings. The van der Waals surface area contributed by atoms with Gasteiger partial charge in [-0.25, -0.2) is 8.78 Å². The van der Waals surface area contributed by atoms with E-state index >= 15 is 8.78 Å². The van der Waals surface area contributed by atoms with Crippen molar-refractivity contribution in [2.24, 2.45) is 0 Å². The van der Waals surface area contributed by atoms with Gasteiger partial charge in [0.2, 0.25) is 0 Å². The third-order valence-electron chi connectivity index (χ3n) is 4.31. The van der Waals surface area contributed by atoms with Crippen LogP contribution in [0.3, 0.4) is 0 Å². The van der Waals surface area contributed by atoms with Gasteiger partial charge in [0.15, 0.2) is 0 Å². The van der Waals surface area contributed by atoms with Crippen molar-refractivity contribution in [1.82, 2.24) is 0 Å². The average Bonchev–Trinajstić information content (AvgIpc) is 2.51. The van der Waals surface area contributed by atoms with Crippen molar-refractivity contribution in [3.8, 4) is 22.3 Å². The molecule has 0 aromatic heterocycles. The van der Waals surface area contributed by atoms with Crippen molar-refractivity contribution < 1.29 is 8.78 Å². The van der Waals surface area contributed by atoms with Crippen LogP contribution in [0.1, 0.15) is 16.7 Å². The Bertz CT molecular complexity index is 877. The molecular formula is C21H20F2P2S. The molecule has 0 bridgehead atoms. The zero-order valence-corrected chi connectivity index (χ0v) is 18.0. The number of benzene rings is 3. The Morgan fingerprint density at radius 3 is 1.54 bits per heavy atom. The van der Waals surface area contributed by atoms with E-state index in [-0.39, 0.29) is 5.56 Å². The molecule has 0 saturated heterocycles. The fourth-order valence-corrected chi connectivity index (χ4v) is 4.76. The maximum Gasteiger partial charge on any atom is 0.141 e. The summed E-state index contributed by atoms with van der Waals surface area (Å²) in [7, 11) is 4.88. The second-order valence-electron chi connectivity index (χ2n) is 6.64. The highest BCUT2D eigenvalue weighted by molar-refractivity contribution is 7.80. The molecular weight excluding hydrogens is 384 g/mol. The quantitative estimate of drug-likeness (QED) is 0.422. The van der Waals surface area contributed by atoms with E-state index in [1.807, 2.05) is 45.0 Å². The van der Waals surface area contributed by atoms with E-state index in [0.29, 0.717) is 26.6 Å². The van der Waals surface area contributed by atoms with Gasteiger partial charge in [-0.3, -0.25) is 0 Å². The van der Waals surface area contributed by atoms with E-state index in [4.69, 9.17) is 0 Å². The largest absolute Gasteiger partial charge is 0.205 e. The van der Waals surface area contributed by atoms with Crippen LogP contribution in [0, 0.1) is 32.4 Å². The van der Waals surface area contributed by atoms with Gasteiger partial charge in [-0.2, -0.15) is 0 Å². The smallest absolute Gasteiger partial charge is 0.141 e. The molecule has 134 valence electrons. The van der Waals surface area contributed by atoms with Gasteiger partial charge in [0.05, 0.1) is 5.56 Å². The molecule has 0 aliphatic heterocycles. The number of hydrogen-bond acceptors (Lipinski definition) is 1. The molecule has 0 aliphatic rings. The van der Waals surface area contributed by atoms with Gasteiger partial charge in [-0.1, -0.05) is 35.4 Å². The Balaban J connectivity index is 2.32. The summed E-state index contributed by atoms with van der Waals surface area (Å²) in [5.41, 5.74) is 4.84. The van der Waals surface area contributed by atoms with Crippen LogP contribution in [0.5, 0.6) is 0 Å². The molecule has 0 heterocycles. The lowest BCUT2D eigenvalue weighted by Crippen LogP contribution is -2.19. The summed E-state index contributed by atoms with van der Waals surface area (Å²) in [4.78, 5) is 0.674. The van der Waals surface area contributed by atoms with Gasteiger partial charge in [0.25, 0.3) is 0 Å². The van der Waals surface area contributed by atoms with Crippen LogP contribution in [0.2, 0.25) is 0 Å². The van der Waals surface area contributed by atoms with E-state index in [1.165, 1.54) is 0 Å². The number of hydrogen-bond donors (Lipinski definition) is 1. The van der Waals surface area contributed by atoms with Crippen LogP contribution in [0.4, 0.5) is 8.78 Å². The summed E-state index contributed by atoms with van der Waals surface area (Å²) in [6.45, 7) is 5.83. The molecule has 0 spiro atoms. The van der Waals surface area contributed by atoms with Gasteiger partial charge >= 0.3 is 0 Å². The molecule has 0 aliphatic carbocycles.